The molecule has 4 rings (SSSR count). The highest BCUT2D eigenvalue weighted by Crippen LogP contribution is 2.30. The number of anilines is 3. The predicted octanol–water partition coefficient (Wildman–Crippen LogP) is 3.71. The Morgan fingerprint density at radius 3 is 2.30 bits per heavy atom. The maximum Gasteiger partial charge on any atom is 0.227 e. The Morgan fingerprint density at radius 2 is 1.70 bits per heavy atom. The molecule has 0 unspecified atom stereocenters. The Morgan fingerprint density at radius 1 is 1.03 bits per heavy atom. The van der Waals surface area contributed by atoms with Gasteiger partial charge >= 0.3 is 0 Å². The number of hydrogen-bond donors (Lipinski definition) is 1. The minimum Gasteiger partial charge on any atom is -0.369 e. The normalized spacial score (nSPS) is 15.3. The highest BCUT2D eigenvalue weighted by molar-refractivity contribution is 7.88. The van der Waals surface area contributed by atoms with E-state index in [-0.39, 0.29) is 6.04 Å². The molecule has 0 aliphatic carbocycles. The van der Waals surface area contributed by atoms with Crippen LogP contribution in [-0.2, 0) is 10.0 Å². The second-order valence-electron chi connectivity index (χ2n) is 8.37. The van der Waals surface area contributed by atoms with Crippen molar-refractivity contribution in [1.82, 2.24) is 23.8 Å². The number of halogens is 1. The molecule has 0 atom stereocenters. The van der Waals surface area contributed by atoms with Gasteiger partial charge in [-0.25, -0.2) is 23.4 Å². The number of nitrogens with zero attached hydrogens (tertiary/aromatic N) is 6. The highest BCUT2D eigenvalue weighted by atomic mass is 35.5. The van der Waals surface area contributed by atoms with E-state index in [1.807, 2.05) is 31.2 Å². The lowest BCUT2D eigenvalue weighted by atomic mass is 10.2. The van der Waals surface area contributed by atoms with Crippen molar-refractivity contribution >= 4 is 38.9 Å². The molecule has 1 aromatic carbocycles. The van der Waals surface area contributed by atoms with Crippen LogP contribution >= 0.6 is 11.6 Å². The monoisotopic (exact) mass is 489 g/mol. The first-order valence-corrected chi connectivity index (χ1v) is 13.0. The number of imidazole rings is 1. The summed E-state index contributed by atoms with van der Waals surface area (Å²) in [6.45, 7) is 8.45. The second-order valence-corrected chi connectivity index (χ2v) is 10.8. The summed E-state index contributed by atoms with van der Waals surface area (Å²) in [6.07, 6.45) is 4.63. The van der Waals surface area contributed by atoms with E-state index >= 15 is 0 Å². The van der Waals surface area contributed by atoms with Crippen molar-refractivity contribution in [1.29, 1.82) is 0 Å². The lowest BCUT2D eigenvalue weighted by molar-refractivity contribution is 0.388. The van der Waals surface area contributed by atoms with Gasteiger partial charge in [-0.1, -0.05) is 11.6 Å². The third kappa shape index (κ3) is 5.13. The van der Waals surface area contributed by atoms with Crippen LogP contribution in [0.15, 0.2) is 36.7 Å². The topological polar surface area (TPSA) is 96.2 Å². The van der Waals surface area contributed by atoms with Crippen LogP contribution in [0.1, 0.15) is 25.7 Å². The van der Waals surface area contributed by atoms with Crippen molar-refractivity contribution < 1.29 is 8.42 Å². The van der Waals surface area contributed by atoms with E-state index in [1.165, 1.54) is 10.6 Å². The molecule has 0 bridgehead atoms. The maximum atomic E-state index is 11.7. The molecule has 0 saturated carbocycles. The molecule has 2 aromatic heterocycles. The average Bonchev–Trinajstić information content (AvgIpc) is 3.16. The minimum atomic E-state index is -3.14. The molecule has 0 radical (unpaired) electrons. The summed E-state index contributed by atoms with van der Waals surface area (Å²) < 4.78 is 27.0. The zero-order valence-corrected chi connectivity index (χ0v) is 20.7. The third-order valence-electron chi connectivity index (χ3n) is 5.68. The van der Waals surface area contributed by atoms with Crippen molar-refractivity contribution in [3.8, 4) is 11.4 Å². The van der Waals surface area contributed by atoms with Gasteiger partial charge in [-0.05, 0) is 45.0 Å². The van der Waals surface area contributed by atoms with Crippen LogP contribution in [0.2, 0.25) is 5.02 Å². The van der Waals surface area contributed by atoms with Crippen molar-refractivity contribution in [2.24, 2.45) is 0 Å². The van der Waals surface area contributed by atoms with E-state index in [0.717, 1.165) is 22.9 Å². The number of hydrogen-bond acceptors (Lipinski definition) is 7. The lowest BCUT2D eigenvalue weighted by Gasteiger charge is -2.34. The summed E-state index contributed by atoms with van der Waals surface area (Å²) in [5.74, 6) is 1.34. The van der Waals surface area contributed by atoms with Crippen molar-refractivity contribution in [2.75, 3.05) is 42.7 Å². The number of nitrogens with one attached hydrogen (secondary N) is 1. The smallest absolute Gasteiger partial charge is 0.227 e. The van der Waals surface area contributed by atoms with Crippen molar-refractivity contribution in [3.05, 3.63) is 47.5 Å². The van der Waals surface area contributed by atoms with Gasteiger partial charge in [-0.2, -0.15) is 4.31 Å². The largest absolute Gasteiger partial charge is 0.369 e. The number of rotatable bonds is 6. The molecule has 11 heteroatoms. The summed E-state index contributed by atoms with van der Waals surface area (Å²) >= 11 is 6.42. The molecule has 1 aliphatic rings. The van der Waals surface area contributed by atoms with Gasteiger partial charge in [0, 0.05) is 43.6 Å². The molecule has 33 heavy (non-hydrogen) atoms. The summed E-state index contributed by atoms with van der Waals surface area (Å²) in [6, 6.07) is 8.15. The summed E-state index contributed by atoms with van der Waals surface area (Å²) in [7, 11) is -3.14. The first kappa shape index (κ1) is 23.5. The van der Waals surface area contributed by atoms with Crippen LogP contribution in [0.4, 0.5) is 17.3 Å². The van der Waals surface area contributed by atoms with Crippen LogP contribution in [0, 0.1) is 6.92 Å². The molecule has 1 aliphatic heterocycles. The Balaban J connectivity index is 1.49. The Bertz CT molecular complexity index is 1230. The highest BCUT2D eigenvalue weighted by Gasteiger charge is 2.23. The van der Waals surface area contributed by atoms with Gasteiger partial charge in [-0.3, -0.25) is 0 Å². The number of piperazine rings is 1. The standard InChI is InChI=1S/C22H28ClN7O2S/c1-15(2)30-16(3)24-14-20(30)21-19(23)13-25-22(27-21)26-17-5-7-18(8-6-17)28-9-11-29(12-10-28)33(4,31)32/h5-8,13-15H,9-12H2,1-4H3,(H,25,26,27). The SMILES string of the molecule is Cc1ncc(-c2nc(Nc3ccc(N4CCN(S(C)(=O)=O)CC4)cc3)ncc2Cl)n1C(C)C. The van der Waals surface area contributed by atoms with E-state index in [2.05, 4.69) is 43.6 Å². The van der Waals surface area contributed by atoms with Gasteiger partial charge in [0.2, 0.25) is 16.0 Å². The Hall–Kier alpha value is -2.69. The predicted molar refractivity (Wildman–Crippen MR) is 132 cm³/mol. The van der Waals surface area contributed by atoms with E-state index < -0.39 is 10.0 Å². The molecule has 0 spiro atoms. The fourth-order valence-corrected chi connectivity index (χ4v) is 5.06. The third-order valence-corrected chi connectivity index (χ3v) is 7.26. The zero-order chi connectivity index (χ0) is 23.8. The Kier molecular flexibility index (Phi) is 6.60. The van der Waals surface area contributed by atoms with E-state index in [0.29, 0.717) is 42.8 Å². The zero-order valence-electron chi connectivity index (χ0n) is 19.2. The molecule has 176 valence electrons. The van der Waals surface area contributed by atoms with Gasteiger partial charge in [-0.15, -0.1) is 0 Å². The summed E-state index contributed by atoms with van der Waals surface area (Å²) in [4.78, 5) is 15.6. The molecule has 1 N–H and O–H groups in total. The van der Waals surface area contributed by atoms with Crippen LogP contribution < -0.4 is 10.2 Å². The first-order valence-electron chi connectivity index (χ1n) is 10.8. The van der Waals surface area contributed by atoms with Gasteiger partial charge in [0.05, 0.1) is 29.4 Å². The van der Waals surface area contributed by atoms with Crippen LogP contribution in [0.3, 0.4) is 0 Å². The van der Waals surface area contributed by atoms with E-state index in [9.17, 15) is 8.42 Å². The number of sulfonamides is 1. The minimum absolute atomic E-state index is 0.219. The average molecular weight is 490 g/mol. The van der Waals surface area contributed by atoms with Gasteiger partial charge < -0.3 is 14.8 Å². The van der Waals surface area contributed by atoms with Crippen LogP contribution in [0.5, 0.6) is 0 Å². The maximum absolute atomic E-state index is 11.7. The molecular formula is C22H28ClN7O2S. The fraction of sp³-hybridized carbons (Fsp3) is 0.409. The number of aryl methyl sites for hydroxylation is 1. The summed E-state index contributed by atoms with van der Waals surface area (Å²) in [5, 5.41) is 3.70. The molecule has 0 amide bonds. The van der Waals surface area contributed by atoms with Crippen molar-refractivity contribution in [2.45, 2.75) is 26.8 Å². The molecule has 1 fully saturated rings. The quantitative estimate of drug-likeness (QED) is 0.563. The fourth-order valence-electron chi connectivity index (χ4n) is 4.05. The number of benzene rings is 1. The van der Waals surface area contributed by atoms with Gasteiger partial charge in [0.15, 0.2) is 0 Å². The molecule has 1 saturated heterocycles. The number of aromatic nitrogens is 4. The van der Waals surface area contributed by atoms with Crippen molar-refractivity contribution in [3.63, 3.8) is 0 Å². The summed E-state index contributed by atoms with van der Waals surface area (Å²) in [5.41, 5.74) is 3.36. The molecular weight excluding hydrogens is 462 g/mol. The second kappa shape index (κ2) is 9.28. The molecule has 9 nitrogen and oxygen atoms in total. The molecule has 3 heterocycles. The van der Waals surface area contributed by atoms with Crippen LogP contribution in [-0.4, -0.2) is 64.7 Å². The van der Waals surface area contributed by atoms with Gasteiger partial charge in [0.1, 0.15) is 11.5 Å². The van der Waals surface area contributed by atoms with Crippen LogP contribution in [0.25, 0.3) is 11.4 Å². The molecule has 3 aromatic rings. The van der Waals surface area contributed by atoms with E-state index in [1.54, 1.807) is 12.4 Å². The van der Waals surface area contributed by atoms with Gasteiger partial charge in [0.25, 0.3) is 0 Å². The Labute approximate surface area is 199 Å². The van der Waals surface area contributed by atoms with E-state index in [4.69, 9.17) is 11.6 Å². The first-order chi connectivity index (χ1) is 15.6. The lowest BCUT2D eigenvalue weighted by Crippen LogP contribution is -2.48.